The summed E-state index contributed by atoms with van der Waals surface area (Å²) in [6, 6.07) is 30.9. The molecule has 39 heavy (non-hydrogen) atoms. The quantitative estimate of drug-likeness (QED) is 0.145. The van der Waals surface area contributed by atoms with Crippen molar-refractivity contribution < 1.29 is 0 Å². The summed E-state index contributed by atoms with van der Waals surface area (Å²) in [5, 5.41) is 0. The van der Waals surface area contributed by atoms with Crippen LogP contribution >= 0.6 is 0 Å². The van der Waals surface area contributed by atoms with E-state index in [0.717, 1.165) is 11.4 Å². The molecule has 0 unspecified atom stereocenters. The Morgan fingerprint density at radius 3 is 1.33 bits per heavy atom. The first-order valence-corrected chi connectivity index (χ1v) is 15.1. The molecule has 2 heteroatoms. The molecule has 0 amide bonds. The Kier molecular flexibility index (Phi) is 8.41. The maximum absolute atomic E-state index is 6.19. The van der Waals surface area contributed by atoms with Crippen LogP contribution in [0.3, 0.4) is 0 Å². The molecule has 4 aromatic carbocycles. The highest BCUT2D eigenvalue weighted by atomic mass is 14.5. The maximum Gasteiger partial charge on any atom is 0.0320 e. The maximum atomic E-state index is 6.19. The van der Waals surface area contributed by atoms with Crippen LogP contribution in [-0.4, -0.2) is 0 Å². The summed E-state index contributed by atoms with van der Waals surface area (Å²) in [4.78, 5) is 0. The minimum Gasteiger partial charge on any atom is -0.399 e. The van der Waals surface area contributed by atoms with Crippen LogP contribution in [-0.2, 0) is 5.41 Å². The van der Waals surface area contributed by atoms with Gasteiger partial charge in [-0.2, -0.15) is 0 Å². The van der Waals surface area contributed by atoms with Crippen LogP contribution in [0.4, 0.5) is 11.4 Å². The van der Waals surface area contributed by atoms with Crippen molar-refractivity contribution in [3.8, 4) is 33.4 Å². The van der Waals surface area contributed by atoms with Crippen molar-refractivity contribution in [2.45, 2.75) is 83.5 Å². The van der Waals surface area contributed by atoms with Crippen molar-refractivity contribution in [1.29, 1.82) is 0 Å². The fourth-order valence-corrected chi connectivity index (χ4v) is 6.66. The van der Waals surface area contributed by atoms with Crippen molar-refractivity contribution in [2.24, 2.45) is 0 Å². The van der Waals surface area contributed by atoms with Gasteiger partial charge in [-0.05, 0) is 93.7 Å². The molecule has 0 fully saturated rings. The van der Waals surface area contributed by atoms with E-state index in [-0.39, 0.29) is 5.41 Å². The highest BCUT2D eigenvalue weighted by molar-refractivity contribution is 5.86. The van der Waals surface area contributed by atoms with Gasteiger partial charge >= 0.3 is 0 Å². The van der Waals surface area contributed by atoms with E-state index in [1.54, 1.807) is 0 Å². The third-order valence-corrected chi connectivity index (χ3v) is 8.71. The van der Waals surface area contributed by atoms with Crippen LogP contribution in [0.1, 0.15) is 89.2 Å². The van der Waals surface area contributed by atoms with E-state index in [0.29, 0.717) is 0 Å². The summed E-state index contributed by atoms with van der Waals surface area (Å²) in [6.07, 6.45) is 12.6. The van der Waals surface area contributed by atoms with Gasteiger partial charge in [0.05, 0.1) is 0 Å². The van der Waals surface area contributed by atoms with Crippen LogP contribution in [0.2, 0.25) is 0 Å². The van der Waals surface area contributed by atoms with Crippen molar-refractivity contribution in [3.63, 3.8) is 0 Å². The third-order valence-electron chi connectivity index (χ3n) is 8.71. The van der Waals surface area contributed by atoms with E-state index in [1.165, 1.54) is 109 Å². The molecular formula is C37H44N2. The van der Waals surface area contributed by atoms with E-state index < -0.39 is 0 Å². The zero-order valence-electron chi connectivity index (χ0n) is 23.8. The van der Waals surface area contributed by atoms with Gasteiger partial charge in [0.2, 0.25) is 0 Å². The lowest BCUT2D eigenvalue weighted by molar-refractivity contribution is 0.401. The summed E-state index contributed by atoms with van der Waals surface area (Å²) in [7, 11) is 0. The Morgan fingerprint density at radius 2 is 0.923 bits per heavy atom. The Labute approximate surface area is 235 Å². The van der Waals surface area contributed by atoms with Gasteiger partial charge in [0.1, 0.15) is 0 Å². The second-order valence-electron chi connectivity index (χ2n) is 11.5. The lowest BCUT2D eigenvalue weighted by Crippen LogP contribution is -2.25. The molecule has 0 saturated heterocycles. The molecule has 2 nitrogen and oxygen atoms in total. The first-order chi connectivity index (χ1) is 19.1. The molecule has 0 aliphatic heterocycles. The summed E-state index contributed by atoms with van der Waals surface area (Å²) < 4.78 is 0. The predicted molar refractivity (Wildman–Crippen MR) is 170 cm³/mol. The number of fused-ring (bicyclic) bond motifs is 3. The molecule has 0 spiro atoms. The standard InChI is InChI=1S/C37H44N2/c1-3-5-7-9-21-37(22-10-8-6-4-2)35-25-29(27-13-11-15-31(38)23-27)17-19-33(35)34-20-18-30(26-36(34)37)28-14-12-16-32(39)24-28/h11-20,23-26H,3-10,21-22,38-39H2,1-2H3. The zero-order chi connectivity index (χ0) is 27.2. The molecule has 202 valence electrons. The molecule has 0 radical (unpaired) electrons. The van der Waals surface area contributed by atoms with Gasteiger partial charge in [0, 0.05) is 16.8 Å². The molecule has 1 aliphatic carbocycles. The summed E-state index contributed by atoms with van der Waals surface area (Å²) in [5.74, 6) is 0. The number of benzene rings is 4. The zero-order valence-corrected chi connectivity index (χ0v) is 23.8. The second-order valence-corrected chi connectivity index (χ2v) is 11.5. The fraction of sp³-hybridized carbons (Fsp3) is 0.351. The van der Waals surface area contributed by atoms with E-state index in [9.17, 15) is 0 Å². The van der Waals surface area contributed by atoms with Gasteiger partial charge in [-0.25, -0.2) is 0 Å². The number of unbranched alkanes of at least 4 members (excludes halogenated alkanes) is 6. The van der Waals surface area contributed by atoms with Gasteiger partial charge < -0.3 is 11.5 Å². The van der Waals surface area contributed by atoms with E-state index in [2.05, 4.69) is 86.6 Å². The second kappa shape index (κ2) is 12.1. The molecule has 4 aromatic rings. The number of nitrogen functional groups attached to an aromatic ring is 2. The number of nitrogens with two attached hydrogens (primary N) is 2. The van der Waals surface area contributed by atoms with E-state index in [1.807, 2.05) is 12.1 Å². The molecule has 5 rings (SSSR count). The van der Waals surface area contributed by atoms with Gasteiger partial charge in [-0.1, -0.05) is 114 Å². The van der Waals surface area contributed by atoms with Crippen LogP contribution in [0.25, 0.3) is 33.4 Å². The van der Waals surface area contributed by atoms with E-state index in [4.69, 9.17) is 11.5 Å². The first kappa shape index (κ1) is 27.1. The number of hydrogen-bond acceptors (Lipinski definition) is 2. The third kappa shape index (κ3) is 5.62. The van der Waals surface area contributed by atoms with Crippen LogP contribution in [0, 0.1) is 0 Å². The molecular weight excluding hydrogens is 472 g/mol. The monoisotopic (exact) mass is 516 g/mol. The number of hydrogen-bond donors (Lipinski definition) is 2. The minimum atomic E-state index is 0.0266. The van der Waals surface area contributed by atoms with Gasteiger partial charge in [-0.3, -0.25) is 0 Å². The molecule has 0 heterocycles. The van der Waals surface area contributed by atoms with Gasteiger partial charge in [0.15, 0.2) is 0 Å². The molecule has 1 aliphatic rings. The largest absolute Gasteiger partial charge is 0.399 e. The van der Waals surface area contributed by atoms with Crippen LogP contribution in [0.15, 0.2) is 84.9 Å². The van der Waals surface area contributed by atoms with Crippen LogP contribution < -0.4 is 11.5 Å². The highest BCUT2D eigenvalue weighted by Gasteiger charge is 2.42. The molecule has 0 saturated carbocycles. The van der Waals surface area contributed by atoms with Gasteiger partial charge in [-0.15, -0.1) is 0 Å². The summed E-state index contributed by atoms with van der Waals surface area (Å²) in [6.45, 7) is 4.60. The summed E-state index contributed by atoms with van der Waals surface area (Å²) in [5.41, 5.74) is 24.8. The number of rotatable bonds is 12. The van der Waals surface area contributed by atoms with E-state index >= 15 is 0 Å². The van der Waals surface area contributed by atoms with Gasteiger partial charge in [0.25, 0.3) is 0 Å². The van der Waals surface area contributed by atoms with Crippen LogP contribution in [0.5, 0.6) is 0 Å². The summed E-state index contributed by atoms with van der Waals surface area (Å²) >= 11 is 0. The van der Waals surface area contributed by atoms with Crippen molar-refractivity contribution in [2.75, 3.05) is 11.5 Å². The topological polar surface area (TPSA) is 52.0 Å². The van der Waals surface area contributed by atoms with Crippen molar-refractivity contribution in [1.82, 2.24) is 0 Å². The lowest BCUT2D eigenvalue weighted by Gasteiger charge is -2.33. The molecule has 0 bridgehead atoms. The fourth-order valence-electron chi connectivity index (χ4n) is 6.66. The smallest absolute Gasteiger partial charge is 0.0320 e. The molecule has 0 atom stereocenters. The van der Waals surface area contributed by atoms with Crippen molar-refractivity contribution in [3.05, 3.63) is 96.1 Å². The first-order valence-electron chi connectivity index (χ1n) is 15.1. The SMILES string of the molecule is CCCCCCC1(CCCCCC)c2cc(-c3cccc(N)c3)ccc2-c2ccc(-c3cccc(N)c3)cc21. The molecule has 0 aromatic heterocycles. The Bertz CT molecular complexity index is 1310. The predicted octanol–water partition coefficient (Wildman–Crippen LogP) is 10.4. The number of anilines is 2. The highest BCUT2D eigenvalue weighted by Crippen LogP contribution is 2.55. The average molecular weight is 517 g/mol. The Morgan fingerprint density at radius 1 is 0.487 bits per heavy atom. The average Bonchev–Trinajstić information content (AvgIpc) is 3.22. The normalized spacial score (nSPS) is 13.3. The molecule has 4 N–H and O–H groups in total. The lowest BCUT2D eigenvalue weighted by atomic mass is 9.70. The Balaban J connectivity index is 1.66. The van der Waals surface area contributed by atoms with Crippen molar-refractivity contribution >= 4 is 11.4 Å². The Hall–Kier alpha value is -3.52. The minimum absolute atomic E-state index is 0.0266.